The molecule has 0 saturated heterocycles. The van der Waals surface area contributed by atoms with Gasteiger partial charge in [0.15, 0.2) is 0 Å². The van der Waals surface area contributed by atoms with Gasteiger partial charge in [0.25, 0.3) is 0 Å². The van der Waals surface area contributed by atoms with Crippen LogP contribution in [-0.2, 0) is 5.60 Å². The lowest BCUT2D eigenvalue weighted by molar-refractivity contribution is -0.103. The SMILES string of the molecule is CCOc1ccccc1C(O)(C(C)C)C(C)(C)C. The molecule has 0 heterocycles. The van der Waals surface area contributed by atoms with E-state index in [2.05, 4.69) is 20.8 Å². The van der Waals surface area contributed by atoms with Crippen LogP contribution in [-0.4, -0.2) is 11.7 Å². The normalized spacial score (nSPS) is 15.6. The Labute approximate surface area is 111 Å². The van der Waals surface area contributed by atoms with Gasteiger partial charge in [0.05, 0.1) is 6.61 Å². The minimum atomic E-state index is -0.904. The number of ether oxygens (including phenoxy) is 1. The minimum absolute atomic E-state index is 0.110. The molecule has 0 spiro atoms. The highest BCUT2D eigenvalue weighted by Gasteiger charge is 2.45. The predicted molar refractivity (Wildman–Crippen MR) is 75.8 cm³/mol. The van der Waals surface area contributed by atoms with Gasteiger partial charge in [-0.3, -0.25) is 0 Å². The summed E-state index contributed by atoms with van der Waals surface area (Å²) in [6, 6.07) is 7.79. The molecule has 1 aromatic carbocycles. The fourth-order valence-electron chi connectivity index (χ4n) is 2.64. The Kier molecular flexibility index (Phi) is 4.44. The molecule has 102 valence electrons. The summed E-state index contributed by atoms with van der Waals surface area (Å²) in [4.78, 5) is 0. The molecule has 0 aromatic heterocycles. The molecule has 1 atom stereocenters. The molecule has 0 amide bonds. The zero-order valence-electron chi connectivity index (χ0n) is 12.4. The van der Waals surface area contributed by atoms with Crippen LogP contribution in [0.3, 0.4) is 0 Å². The first-order valence-corrected chi connectivity index (χ1v) is 6.69. The van der Waals surface area contributed by atoms with Crippen molar-refractivity contribution < 1.29 is 9.84 Å². The average Bonchev–Trinajstić information content (AvgIpc) is 2.27. The number of aliphatic hydroxyl groups is 1. The van der Waals surface area contributed by atoms with Crippen LogP contribution in [0.5, 0.6) is 5.75 Å². The molecule has 0 fully saturated rings. The lowest BCUT2D eigenvalue weighted by Gasteiger charge is -2.44. The third-order valence-electron chi connectivity index (χ3n) is 3.58. The van der Waals surface area contributed by atoms with E-state index < -0.39 is 5.60 Å². The molecule has 2 nitrogen and oxygen atoms in total. The predicted octanol–water partition coefficient (Wildman–Crippen LogP) is 3.98. The molecular weight excluding hydrogens is 224 g/mol. The molecule has 0 bridgehead atoms. The van der Waals surface area contributed by atoms with E-state index in [9.17, 15) is 5.11 Å². The summed E-state index contributed by atoms with van der Waals surface area (Å²) in [5.41, 5.74) is -0.276. The van der Waals surface area contributed by atoms with Crippen LogP contribution < -0.4 is 4.74 Å². The van der Waals surface area contributed by atoms with E-state index >= 15 is 0 Å². The zero-order valence-corrected chi connectivity index (χ0v) is 12.4. The zero-order chi connectivity index (χ0) is 14.0. The van der Waals surface area contributed by atoms with Gasteiger partial charge < -0.3 is 9.84 Å². The lowest BCUT2D eigenvalue weighted by atomic mass is 9.66. The summed E-state index contributed by atoms with van der Waals surface area (Å²) in [6.07, 6.45) is 0. The number of para-hydroxylation sites is 1. The Balaban J connectivity index is 3.40. The third kappa shape index (κ3) is 2.54. The maximum Gasteiger partial charge on any atom is 0.125 e. The molecule has 18 heavy (non-hydrogen) atoms. The fourth-order valence-corrected chi connectivity index (χ4v) is 2.64. The maximum absolute atomic E-state index is 11.2. The van der Waals surface area contributed by atoms with Gasteiger partial charge in [0, 0.05) is 5.56 Å². The molecule has 1 rings (SSSR count). The van der Waals surface area contributed by atoms with Crippen LogP contribution in [0.15, 0.2) is 24.3 Å². The van der Waals surface area contributed by atoms with E-state index in [1.54, 1.807) is 0 Å². The first-order chi connectivity index (χ1) is 8.25. The van der Waals surface area contributed by atoms with Crippen molar-refractivity contribution in [2.24, 2.45) is 11.3 Å². The third-order valence-corrected chi connectivity index (χ3v) is 3.58. The van der Waals surface area contributed by atoms with Crippen molar-refractivity contribution in [3.8, 4) is 5.75 Å². The van der Waals surface area contributed by atoms with Crippen molar-refractivity contribution in [1.29, 1.82) is 0 Å². The molecule has 0 radical (unpaired) electrons. The van der Waals surface area contributed by atoms with Crippen molar-refractivity contribution in [1.82, 2.24) is 0 Å². The standard InChI is InChI=1S/C16H26O2/c1-7-18-14-11-9-8-10-13(14)16(17,12(2)3)15(4,5)6/h8-12,17H,7H2,1-6H3. The molecule has 0 aliphatic rings. The largest absolute Gasteiger partial charge is 0.493 e. The van der Waals surface area contributed by atoms with Crippen LogP contribution >= 0.6 is 0 Å². The molecule has 0 aliphatic heterocycles. The Hall–Kier alpha value is -1.02. The second-order valence-corrected chi connectivity index (χ2v) is 6.10. The van der Waals surface area contributed by atoms with E-state index in [4.69, 9.17) is 4.74 Å². The quantitative estimate of drug-likeness (QED) is 0.876. The summed E-state index contributed by atoms with van der Waals surface area (Å²) in [6.45, 7) is 12.9. The Morgan fingerprint density at radius 1 is 1.17 bits per heavy atom. The van der Waals surface area contributed by atoms with Crippen LogP contribution in [0.2, 0.25) is 0 Å². The topological polar surface area (TPSA) is 29.5 Å². The van der Waals surface area contributed by atoms with Gasteiger partial charge in [-0.2, -0.15) is 0 Å². The van der Waals surface area contributed by atoms with E-state index in [0.29, 0.717) is 6.61 Å². The lowest BCUT2D eigenvalue weighted by Crippen LogP contribution is -2.44. The van der Waals surface area contributed by atoms with Gasteiger partial charge in [0.2, 0.25) is 0 Å². The molecular formula is C16H26O2. The second kappa shape index (κ2) is 5.31. The van der Waals surface area contributed by atoms with Gasteiger partial charge >= 0.3 is 0 Å². The van der Waals surface area contributed by atoms with E-state index in [1.807, 2.05) is 45.0 Å². The first kappa shape index (κ1) is 15.0. The van der Waals surface area contributed by atoms with E-state index in [0.717, 1.165) is 11.3 Å². The van der Waals surface area contributed by atoms with Gasteiger partial charge in [-0.15, -0.1) is 0 Å². The molecule has 1 aromatic rings. The highest BCUT2D eigenvalue weighted by atomic mass is 16.5. The fraction of sp³-hybridized carbons (Fsp3) is 0.625. The number of benzene rings is 1. The number of hydrogen-bond donors (Lipinski definition) is 1. The smallest absolute Gasteiger partial charge is 0.125 e. The summed E-state index contributed by atoms with van der Waals surface area (Å²) >= 11 is 0. The van der Waals surface area contributed by atoms with Gasteiger partial charge in [-0.25, -0.2) is 0 Å². The summed E-state index contributed by atoms with van der Waals surface area (Å²) in [5.74, 6) is 0.894. The van der Waals surface area contributed by atoms with Gasteiger partial charge in [0.1, 0.15) is 11.4 Å². The summed E-state index contributed by atoms with van der Waals surface area (Å²) in [5, 5.41) is 11.2. The Morgan fingerprint density at radius 2 is 1.72 bits per heavy atom. The van der Waals surface area contributed by atoms with Crippen LogP contribution in [0, 0.1) is 11.3 Å². The van der Waals surface area contributed by atoms with Crippen molar-refractivity contribution in [3.63, 3.8) is 0 Å². The van der Waals surface area contributed by atoms with E-state index in [-0.39, 0.29) is 11.3 Å². The van der Waals surface area contributed by atoms with Gasteiger partial charge in [-0.1, -0.05) is 52.8 Å². The molecule has 0 aliphatic carbocycles. The van der Waals surface area contributed by atoms with Crippen molar-refractivity contribution in [2.75, 3.05) is 6.61 Å². The Bertz CT molecular complexity index is 390. The maximum atomic E-state index is 11.2. The Morgan fingerprint density at radius 3 is 2.17 bits per heavy atom. The van der Waals surface area contributed by atoms with Gasteiger partial charge in [-0.05, 0) is 24.3 Å². The van der Waals surface area contributed by atoms with Crippen LogP contribution in [0.25, 0.3) is 0 Å². The molecule has 1 unspecified atom stereocenters. The van der Waals surface area contributed by atoms with Crippen LogP contribution in [0.1, 0.15) is 47.1 Å². The highest BCUT2D eigenvalue weighted by molar-refractivity contribution is 5.39. The molecule has 0 saturated carbocycles. The minimum Gasteiger partial charge on any atom is -0.493 e. The number of hydrogen-bond acceptors (Lipinski definition) is 2. The van der Waals surface area contributed by atoms with Crippen molar-refractivity contribution in [3.05, 3.63) is 29.8 Å². The molecule has 2 heteroatoms. The first-order valence-electron chi connectivity index (χ1n) is 6.69. The van der Waals surface area contributed by atoms with Crippen LogP contribution in [0.4, 0.5) is 0 Å². The number of rotatable bonds is 4. The second-order valence-electron chi connectivity index (χ2n) is 6.10. The summed E-state index contributed by atoms with van der Waals surface area (Å²) < 4.78 is 5.67. The van der Waals surface area contributed by atoms with E-state index in [1.165, 1.54) is 0 Å². The van der Waals surface area contributed by atoms with Crippen molar-refractivity contribution in [2.45, 2.75) is 47.1 Å². The average molecular weight is 250 g/mol. The van der Waals surface area contributed by atoms with Crippen molar-refractivity contribution >= 4 is 0 Å². The molecule has 1 N–H and O–H groups in total. The highest BCUT2D eigenvalue weighted by Crippen LogP contribution is 2.47. The monoisotopic (exact) mass is 250 g/mol. The summed E-state index contributed by atoms with van der Waals surface area (Å²) in [7, 11) is 0.